The predicted molar refractivity (Wildman–Crippen MR) is 91.4 cm³/mol. The second-order valence-corrected chi connectivity index (χ2v) is 6.08. The molecule has 0 aliphatic carbocycles. The molecule has 0 saturated heterocycles. The zero-order valence-corrected chi connectivity index (χ0v) is 14.0. The van der Waals surface area contributed by atoms with Crippen LogP contribution in [0.5, 0.6) is 0 Å². The smallest absolute Gasteiger partial charge is 0.254 e. The van der Waals surface area contributed by atoms with E-state index in [-0.39, 0.29) is 11.6 Å². The highest BCUT2D eigenvalue weighted by atomic mass is 35.5. The van der Waals surface area contributed by atoms with Crippen molar-refractivity contribution < 1.29 is 9.18 Å². The van der Waals surface area contributed by atoms with Gasteiger partial charge in [-0.05, 0) is 44.3 Å². The maximum absolute atomic E-state index is 13.7. The molecule has 0 aliphatic heterocycles. The predicted octanol–water partition coefficient (Wildman–Crippen LogP) is 3.38. The molecule has 0 aliphatic rings. The molecule has 122 valence electrons. The lowest BCUT2D eigenvalue weighted by atomic mass is 10.0. The van der Waals surface area contributed by atoms with Gasteiger partial charge < -0.3 is 10.2 Å². The number of likely N-dealkylation sites (N-methyl/N-ethyl adjacent to an activating group) is 1. The van der Waals surface area contributed by atoms with Crippen LogP contribution in [-0.2, 0) is 6.42 Å². The molecular formula is C18H20ClFN2O. The van der Waals surface area contributed by atoms with Crippen molar-refractivity contribution in [3.63, 3.8) is 0 Å². The summed E-state index contributed by atoms with van der Waals surface area (Å²) in [6.07, 6.45) is 0.798. The van der Waals surface area contributed by atoms with E-state index in [1.807, 2.05) is 37.2 Å². The molecule has 2 aromatic carbocycles. The van der Waals surface area contributed by atoms with Gasteiger partial charge in [0.05, 0.1) is 5.56 Å². The third kappa shape index (κ3) is 5.05. The minimum Gasteiger partial charge on any atom is -0.350 e. The van der Waals surface area contributed by atoms with Gasteiger partial charge in [-0.15, -0.1) is 0 Å². The summed E-state index contributed by atoms with van der Waals surface area (Å²) in [4.78, 5) is 14.2. The summed E-state index contributed by atoms with van der Waals surface area (Å²) in [5.41, 5.74) is 1.16. The Morgan fingerprint density at radius 1 is 1.22 bits per heavy atom. The van der Waals surface area contributed by atoms with Crippen LogP contribution in [-0.4, -0.2) is 37.5 Å². The second kappa shape index (κ2) is 8.09. The summed E-state index contributed by atoms with van der Waals surface area (Å²) in [7, 11) is 3.92. The topological polar surface area (TPSA) is 32.3 Å². The highest BCUT2D eigenvalue weighted by Crippen LogP contribution is 2.15. The Labute approximate surface area is 141 Å². The van der Waals surface area contributed by atoms with Crippen molar-refractivity contribution >= 4 is 17.5 Å². The number of amides is 1. The molecule has 3 nitrogen and oxygen atoms in total. The number of benzene rings is 2. The van der Waals surface area contributed by atoms with Crippen LogP contribution in [0.2, 0.25) is 5.02 Å². The zero-order chi connectivity index (χ0) is 16.8. The fraction of sp³-hybridized carbons (Fsp3) is 0.278. The Kier molecular flexibility index (Phi) is 6.13. The normalized spacial score (nSPS) is 12.2. The first-order valence-corrected chi connectivity index (χ1v) is 7.79. The molecule has 1 amide bonds. The Bertz CT molecular complexity index is 661. The summed E-state index contributed by atoms with van der Waals surface area (Å²) >= 11 is 5.83. The van der Waals surface area contributed by atoms with Crippen molar-refractivity contribution in [1.82, 2.24) is 10.2 Å². The fourth-order valence-electron chi connectivity index (χ4n) is 2.30. The van der Waals surface area contributed by atoms with E-state index in [2.05, 4.69) is 17.4 Å². The number of nitrogens with zero attached hydrogens (tertiary/aromatic N) is 1. The summed E-state index contributed by atoms with van der Waals surface area (Å²) in [5, 5.41) is 3.13. The van der Waals surface area contributed by atoms with Crippen molar-refractivity contribution in [3.8, 4) is 0 Å². The monoisotopic (exact) mass is 334 g/mol. The molecule has 5 heteroatoms. The third-order valence-electron chi connectivity index (χ3n) is 3.72. The molecule has 1 atom stereocenters. The van der Waals surface area contributed by atoms with E-state index in [4.69, 9.17) is 11.6 Å². The van der Waals surface area contributed by atoms with E-state index in [1.54, 1.807) is 0 Å². The molecule has 0 radical (unpaired) electrons. The van der Waals surface area contributed by atoms with Gasteiger partial charge in [0.1, 0.15) is 5.82 Å². The van der Waals surface area contributed by atoms with Crippen LogP contribution >= 0.6 is 11.6 Å². The van der Waals surface area contributed by atoms with Gasteiger partial charge in [0.25, 0.3) is 5.91 Å². The molecule has 0 bridgehead atoms. The Balaban J connectivity index is 2.01. The van der Waals surface area contributed by atoms with E-state index in [0.29, 0.717) is 11.6 Å². The van der Waals surface area contributed by atoms with E-state index >= 15 is 0 Å². The first-order valence-electron chi connectivity index (χ1n) is 7.41. The third-order valence-corrected chi connectivity index (χ3v) is 3.95. The van der Waals surface area contributed by atoms with Gasteiger partial charge in [-0.25, -0.2) is 4.39 Å². The molecule has 23 heavy (non-hydrogen) atoms. The first-order chi connectivity index (χ1) is 11.0. The lowest BCUT2D eigenvalue weighted by molar-refractivity contribution is 0.0937. The van der Waals surface area contributed by atoms with Crippen LogP contribution in [0.4, 0.5) is 4.39 Å². The highest BCUT2D eigenvalue weighted by molar-refractivity contribution is 6.31. The number of rotatable bonds is 6. The van der Waals surface area contributed by atoms with E-state index in [0.717, 1.165) is 6.42 Å². The summed E-state index contributed by atoms with van der Waals surface area (Å²) in [6.45, 7) is 0.423. The molecule has 1 unspecified atom stereocenters. The molecule has 0 heterocycles. The van der Waals surface area contributed by atoms with Crippen LogP contribution in [0, 0.1) is 5.82 Å². The lowest BCUT2D eigenvalue weighted by Crippen LogP contribution is -2.41. The summed E-state index contributed by atoms with van der Waals surface area (Å²) in [6, 6.07) is 14.1. The Hall–Kier alpha value is -1.91. The van der Waals surface area contributed by atoms with Crippen LogP contribution in [0.3, 0.4) is 0 Å². The average molecular weight is 335 g/mol. The van der Waals surface area contributed by atoms with Crippen LogP contribution in [0.25, 0.3) is 0 Å². The van der Waals surface area contributed by atoms with Crippen LogP contribution in [0.1, 0.15) is 15.9 Å². The van der Waals surface area contributed by atoms with Gasteiger partial charge in [-0.2, -0.15) is 0 Å². The summed E-state index contributed by atoms with van der Waals surface area (Å²) in [5.74, 6) is -1.03. The molecule has 0 saturated carbocycles. The van der Waals surface area contributed by atoms with Crippen molar-refractivity contribution in [3.05, 3.63) is 70.5 Å². The molecule has 0 fully saturated rings. The van der Waals surface area contributed by atoms with E-state index in [9.17, 15) is 9.18 Å². The fourth-order valence-corrected chi connectivity index (χ4v) is 2.47. The van der Waals surface area contributed by atoms with Gasteiger partial charge in [0.15, 0.2) is 0 Å². The number of nitrogens with one attached hydrogen (secondary N) is 1. The van der Waals surface area contributed by atoms with Gasteiger partial charge >= 0.3 is 0 Å². The average Bonchev–Trinajstić information content (AvgIpc) is 2.54. The number of hydrogen-bond donors (Lipinski definition) is 1. The Morgan fingerprint density at radius 3 is 2.57 bits per heavy atom. The molecular weight excluding hydrogens is 315 g/mol. The van der Waals surface area contributed by atoms with Crippen molar-refractivity contribution in [2.75, 3.05) is 20.6 Å². The van der Waals surface area contributed by atoms with Crippen LogP contribution < -0.4 is 5.32 Å². The maximum atomic E-state index is 13.7. The van der Waals surface area contributed by atoms with Crippen molar-refractivity contribution in [1.29, 1.82) is 0 Å². The van der Waals surface area contributed by atoms with Gasteiger partial charge in [-0.1, -0.05) is 41.9 Å². The van der Waals surface area contributed by atoms with Crippen LogP contribution in [0.15, 0.2) is 48.5 Å². The molecule has 0 spiro atoms. The molecule has 1 N–H and O–H groups in total. The summed E-state index contributed by atoms with van der Waals surface area (Å²) < 4.78 is 13.7. The quantitative estimate of drug-likeness (QED) is 0.878. The minimum absolute atomic E-state index is 0.0327. The number of carbonyl (C=O) groups is 1. The van der Waals surface area contributed by atoms with Crippen molar-refractivity contribution in [2.24, 2.45) is 0 Å². The highest BCUT2D eigenvalue weighted by Gasteiger charge is 2.16. The molecule has 2 rings (SSSR count). The first kappa shape index (κ1) is 17.4. The zero-order valence-electron chi connectivity index (χ0n) is 13.2. The van der Waals surface area contributed by atoms with Gasteiger partial charge in [0, 0.05) is 17.6 Å². The maximum Gasteiger partial charge on any atom is 0.254 e. The van der Waals surface area contributed by atoms with Crippen molar-refractivity contribution in [2.45, 2.75) is 12.5 Å². The van der Waals surface area contributed by atoms with Gasteiger partial charge in [-0.3, -0.25) is 4.79 Å². The Morgan fingerprint density at radius 2 is 1.91 bits per heavy atom. The van der Waals surface area contributed by atoms with E-state index < -0.39 is 11.7 Å². The number of carbonyl (C=O) groups excluding carboxylic acids is 1. The number of hydrogen-bond acceptors (Lipinski definition) is 2. The molecule has 0 aromatic heterocycles. The largest absolute Gasteiger partial charge is 0.350 e. The van der Waals surface area contributed by atoms with E-state index in [1.165, 1.54) is 23.8 Å². The SMILES string of the molecule is CN(C)C(CNC(=O)c1cc(Cl)ccc1F)Cc1ccccc1. The number of halogens is 2. The minimum atomic E-state index is -0.573. The molecule has 2 aromatic rings. The van der Waals surface area contributed by atoms with Gasteiger partial charge in [0.2, 0.25) is 0 Å². The second-order valence-electron chi connectivity index (χ2n) is 5.64. The standard InChI is InChI=1S/C18H20ClFN2O/c1-22(2)15(10-13-6-4-3-5-7-13)12-21-18(23)16-11-14(19)8-9-17(16)20/h3-9,11,15H,10,12H2,1-2H3,(H,21,23). The lowest BCUT2D eigenvalue weighted by Gasteiger charge is -2.25.